The topological polar surface area (TPSA) is 64.1 Å². The molecule has 0 radical (unpaired) electrons. The van der Waals surface area contributed by atoms with Crippen molar-refractivity contribution in [1.82, 2.24) is 5.32 Å². The van der Waals surface area contributed by atoms with Crippen LogP contribution in [0, 0.1) is 6.92 Å². The van der Waals surface area contributed by atoms with Gasteiger partial charge in [-0.2, -0.15) is 0 Å². The number of nitrogens with one attached hydrogen (secondary N) is 2. The number of benzene rings is 2. The lowest BCUT2D eigenvalue weighted by Gasteiger charge is -2.15. The second-order valence-electron chi connectivity index (χ2n) is 7.26. The minimum Gasteiger partial charge on any atom is -0.490 e. The fourth-order valence-corrected chi connectivity index (χ4v) is 3.15. The molecule has 0 atom stereocenters. The van der Waals surface area contributed by atoms with E-state index in [0.717, 1.165) is 62.2 Å². The van der Waals surface area contributed by atoms with Crippen molar-refractivity contribution in [3.05, 3.63) is 53.6 Å². The molecule has 1 aliphatic rings. The highest BCUT2D eigenvalue weighted by Crippen LogP contribution is 2.32. The molecule has 0 saturated carbocycles. The maximum atomic E-state index is 5.81. The summed E-state index contributed by atoms with van der Waals surface area (Å²) in [6.07, 6.45) is 2.94. The highest BCUT2D eigenvalue weighted by atomic mass is 127. The van der Waals surface area contributed by atoms with Crippen LogP contribution in [-0.4, -0.2) is 38.9 Å². The Bertz CT molecular complexity index is 829. The number of ether oxygens (including phenoxy) is 3. The van der Waals surface area contributed by atoms with Gasteiger partial charge in [0.1, 0.15) is 0 Å². The number of unbranched alkanes of at least 4 members (excludes halogenated alkanes) is 1. The first-order valence-electron chi connectivity index (χ1n) is 10.8. The monoisotopic (exact) mass is 539 g/mol. The molecule has 0 unspecified atom stereocenters. The molecule has 0 aromatic heterocycles. The van der Waals surface area contributed by atoms with Gasteiger partial charge in [0, 0.05) is 37.9 Å². The van der Waals surface area contributed by atoms with Gasteiger partial charge >= 0.3 is 0 Å². The summed E-state index contributed by atoms with van der Waals surface area (Å²) >= 11 is 0. The van der Waals surface area contributed by atoms with Gasteiger partial charge in [-0.1, -0.05) is 24.3 Å². The number of anilines is 1. The highest BCUT2D eigenvalue weighted by Gasteiger charge is 2.11. The van der Waals surface area contributed by atoms with Gasteiger partial charge in [-0.3, -0.25) is 0 Å². The van der Waals surface area contributed by atoms with Gasteiger partial charge in [-0.15, -0.1) is 24.0 Å². The van der Waals surface area contributed by atoms with Crippen LogP contribution in [0.25, 0.3) is 0 Å². The van der Waals surface area contributed by atoms with Crippen molar-refractivity contribution in [2.45, 2.75) is 39.7 Å². The smallest absolute Gasteiger partial charge is 0.196 e. The summed E-state index contributed by atoms with van der Waals surface area (Å²) in [5.41, 5.74) is 3.38. The predicted octanol–water partition coefficient (Wildman–Crippen LogP) is 5.15. The molecule has 0 spiro atoms. The van der Waals surface area contributed by atoms with E-state index in [9.17, 15) is 0 Å². The third-order valence-electron chi connectivity index (χ3n) is 4.89. The molecule has 1 heterocycles. The standard InChI is InChI=1S/C24H33N3O3.HI/c1-3-28-14-7-6-13-25-24(26-18-20-10-5-4-9-19(20)2)27-21-11-12-22-23(17-21)30-16-8-15-29-22;/h4-5,9-12,17H,3,6-8,13-16,18H2,1-2H3,(H2,25,26,27);1H. The van der Waals surface area contributed by atoms with Gasteiger partial charge in [0.15, 0.2) is 17.5 Å². The van der Waals surface area contributed by atoms with Crippen molar-refractivity contribution in [2.24, 2.45) is 4.99 Å². The van der Waals surface area contributed by atoms with E-state index in [1.165, 1.54) is 11.1 Å². The van der Waals surface area contributed by atoms with Crippen LogP contribution in [0.2, 0.25) is 0 Å². The zero-order chi connectivity index (χ0) is 21.0. The average molecular weight is 539 g/mol. The van der Waals surface area contributed by atoms with Crippen molar-refractivity contribution in [1.29, 1.82) is 0 Å². The lowest BCUT2D eigenvalue weighted by molar-refractivity contribution is 0.143. The molecule has 2 aromatic carbocycles. The molecule has 31 heavy (non-hydrogen) atoms. The van der Waals surface area contributed by atoms with E-state index in [0.29, 0.717) is 19.8 Å². The number of aliphatic imine (C=N–C) groups is 1. The SMILES string of the molecule is CCOCCCCNC(=NCc1ccccc1C)Nc1ccc2c(c1)OCCCO2.I. The number of hydrogen-bond donors (Lipinski definition) is 2. The van der Waals surface area contributed by atoms with Crippen LogP contribution in [0.3, 0.4) is 0 Å². The second-order valence-corrected chi connectivity index (χ2v) is 7.26. The predicted molar refractivity (Wildman–Crippen MR) is 137 cm³/mol. The highest BCUT2D eigenvalue weighted by molar-refractivity contribution is 14.0. The summed E-state index contributed by atoms with van der Waals surface area (Å²) in [5, 5.41) is 6.85. The third kappa shape index (κ3) is 8.57. The van der Waals surface area contributed by atoms with E-state index in [4.69, 9.17) is 19.2 Å². The summed E-state index contributed by atoms with van der Waals surface area (Å²) in [4.78, 5) is 4.81. The maximum Gasteiger partial charge on any atom is 0.196 e. The van der Waals surface area contributed by atoms with Gasteiger partial charge in [-0.05, 0) is 49.9 Å². The quantitative estimate of drug-likeness (QED) is 0.200. The van der Waals surface area contributed by atoms with Crippen molar-refractivity contribution >= 4 is 35.6 Å². The Kier molecular flexibility index (Phi) is 11.5. The maximum absolute atomic E-state index is 5.81. The fraction of sp³-hybridized carbons (Fsp3) is 0.458. The van der Waals surface area contributed by atoms with E-state index in [1.807, 2.05) is 25.1 Å². The van der Waals surface area contributed by atoms with E-state index in [1.54, 1.807) is 0 Å². The van der Waals surface area contributed by atoms with E-state index < -0.39 is 0 Å². The minimum atomic E-state index is 0. The van der Waals surface area contributed by atoms with Crippen molar-refractivity contribution in [3.63, 3.8) is 0 Å². The molecular formula is C24H34IN3O3. The number of aryl methyl sites for hydroxylation is 1. The van der Waals surface area contributed by atoms with Gasteiger partial charge in [-0.25, -0.2) is 4.99 Å². The zero-order valence-electron chi connectivity index (χ0n) is 18.5. The summed E-state index contributed by atoms with van der Waals surface area (Å²) in [6.45, 7) is 8.50. The Hall–Kier alpha value is -2.00. The van der Waals surface area contributed by atoms with Crippen LogP contribution in [0.5, 0.6) is 11.5 Å². The zero-order valence-corrected chi connectivity index (χ0v) is 20.8. The summed E-state index contributed by atoms with van der Waals surface area (Å²) in [5.74, 6) is 2.32. The van der Waals surface area contributed by atoms with Crippen LogP contribution in [0.15, 0.2) is 47.5 Å². The summed E-state index contributed by atoms with van der Waals surface area (Å²) in [7, 11) is 0. The molecule has 0 aliphatic carbocycles. The minimum absolute atomic E-state index is 0. The Morgan fingerprint density at radius 2 is 1.87 bits per heavy atom. The van der Waals surface area contributed by atoms with E-state index in [2.05, 4.69) is 41.8 Å². The second kappa shape index (κ2) is 14.1. The number of hydrogen-bond acceptors (Lipinski definition) is 4. The van der Waals surface area contributed by atoms with Crippen LogP contribution >= 0.6 is 24.0 Å². The molecule has 170 valence electrons. The van der Waals surface area contributed by atoms with Crippen molar-refractivity contribution < 1.29 is 14.2 Å². The van der Waals surface area contributed by atoms with Gasteiger partial charge in [0.2, 0.25) is 0 Å². The Morgan fingerprint density at radius 3 is 2.68 bits per heavy atom. The first-order chi connectivity index (χ1) is 14.8. The van der Waals surface area contributed by atoms with E-state index >= 15 is 0 Å². The third-order valence-corrected chi connectivity index (χ3v) is 4.89. The molecule has 2 N–H and O–H groups in total. The number of halogens is 1. The lowest BCUT2D eigenvalue weighted by atomic mass is 10.1. The molecule has 0 bridgehead atoms. The molecule has 7 heteroatoms. The normalized spacial score (nSPS) is 13.2. The van der Waals surface area contributed by atoms with E-state index in [-0.39, 0.29) is 24.0 Å². The average Bonchev–Trinajstić information content (AvgIpc) is 3.00. The Morgan fingerprint density at radius 1 is 1.06 bits per heavy atom. The Labute approximate surface area is 202 Å². The Balaban J connectivity index is 0.00000341. The van der Waals surface area contributed by atoms with Gasteiger partial charge < -0.3 is 24.8 Å². The number of guanidine groups is 1. The molecule has 0 saturated heterocycles. The summed E-state index contributed by atoms with van der Waals surface area (Å²) < 4.78 is 17.0. The molecule has 3 rings (SSSR count). The van der Waals surface area contributed by atoms with Crippen molar-refractivity contribution in [3.8, 4) is 11.5 Å². The molecule has 1 aliphatic heterocycles. The first-order valence-corrected chi connectivity index (χ1v) is 10.8. The van der Waals surface area contributed by atoms with Crippen molar-refractivity contribution in [2.75, 3.05) is 38.3 Å². The molecular weight excluding hydrogens is 505 g/mol. The summed E-state index contributed by atoms with van der Waals surface area (Å²) in [6, 6.07) is 14.2. The molecule has 0 fully saturated rings. The number of fused-ring (bicyclic) bond motifs is 1. The van der Waals surface area contributed by atoms with Crippen LogP contribution in [0.4, 0.5) is 5.69 Å². The van der Waals surface area contributed by atoms with Crippen LogP contribution in [-0.2, 0) is 11.3 Å². The van der Waals surface area contributed by atoms with Crippen LogP contribution in [0.1, 0.15) is 37.3 Å². The molecule has 0 amide bonds. The first kappa shape index (κ1) is 25.3. The number of nitrogens with zero attached hydrogens (tertiary/aromatic N) is 1. The molecule has 2 aromatic rings. The largest absolute Gasteiger partial charge is 0.490 e. The molecule has 6 nitrogen and oxygen atoms in total. The fourth-order valence-electron chi connectivity index (χ4n) is 3.15. The van der Waals surface area contributed by atoms with Gasteiger partial charge in [0.05, 0.1) is 19.8 Å². The number of rotatable bonds is 9. The van der Waals surface area contributed by atoms with Crippen LogP contribution < -0.4 is 20.1 Å². The lowest BCUT2D eigenvalue weighted by Crippen LogP contribution is -2.32. The van der Waals surface area contributed by atoms with Gasteiger partial charge in [0.25, 0.3) is 0 Å².